The Balaban J connectivity index is 1.83. The molecule has 29 heavy (non-hydrogen) atoms. The van der Waals surface area contributed by atoms with Gasteiger partial charge in [-0.1, -0.05) is 69.8 Å². The van der Waals surface area contributed by atoms with E-state index in [0.29, 0.717) is 6.54 Å². The van der Waals surface area contributed by atoms with Crippen molar-refractivity contribution < 1.29 is 4.79 Å². The number of nitrogens with zero attached hydrogens (tertiary/aromatic N) is 1. The molecule has 4 nitrogen and oxygen atoms in total. The molecular formula is C25H33N3O. The molecule has 2 aromatic rings. The largest absolute Gasteiger partial charge is 0.387 e. The Morgan fingerprint density at radius 3 is 2.45 bits per heavy atom. The summed E-state index contributed by atoms with van der Waals surface area (Å²) < 4.78 is 0. The Bertz CT molecular complexity index is 821. The number of nitrogens with one attached hydrogen (secondary N) is 2. The summed E-state index contributed by atoms with van der Waals surface area (Å²) in [6, 6.07) is 18.1. The molecule has 1 aliphatic heterocycles. The normalized spacial score (nSPS) is 17.2. The lowest BCUT2D eigenvalue weighted by atomic mass is 9.86. The van der Waals surface area contributed by atoms with Gasteiger partial charge in [0.25, 0.3) is 0 Å². The summed E-state index contributed by atoms with van der Waals surface area (Å²) in [4.78, 5) is 15.2. The summed E-state index contributed by atoms with van der Waals surface area (Å²) in [6.07, 6.45) is 3.10. The fourth-order valence-electron chi connectivity index (χ4n) is 3.69. The number of hydrogen-bond acceptors (Lipinski definition) is 2. The summed E-state index contributed by atoms with van der Waals surface area (Å²) in [5, 5.41) is 6.45. The minimum Gasteiger partial charge on any atom is -0.387 e. The average Bonchev–Trinajstić information content (AvgIpc) is 2.91. The highest BCUT2D eigenvalue weighted by atomic mass is 16.2. The zero-order valence-electron chi connectivity index (χ0n) is 17.9. The predicted octanol–water partition coefficient (Wildman–Crippen LogP) is 5.67. The van der Waals surface area contributed by atoms with Crippen LogP contribution in [0.5, 0.6) is 0 Å². The van der Waals surface area contributed by atoms with Gasteiger partial charge in [0, 0.05) is 24.5 Å². The Hall–Kier alpha value is -2.75. The van der Waals surface area contributed by atoms with Crippen LogP contribution >= 0.6 is 0 Å². The first-order chi connectivity index (χ1) is 13.8. The van der Waals surface area contributed by atoms with E-state index in [9.17, 15) is 4.79 Å². The zero-order chi connectivity index (χ0) is 20.9. The van der Waals surface area contributed by atoms with Crippen LogP contribution in [0.25, 0.3) is 0 Å². The number of carbonyl (C=O) groups is 1. The Morgan fingerprint density at radius 2 is 1.79 bits per heavy atom. The van der Waals surface area contributed by atoms with Crippen molar-refractivity contribution in [3.05, 3.63) is 78.0 Å². The number of benzene rings is 2. The Morgan fingerprint density at radius 1 is 1.10 bits per heavy atom. The standard InChI is InChI=1S/C25H33N3O/c1-19-23(12-8-9-17-26-19)28(24(29)27-22-10-6-5-7-11-22)18-20-13-15-21(16-14-20)25(2,3)4/h5-7,10-11,13-16,23,26H,1,8-9,12,17-18H2,2-4H3,(H,27,29). The first kappa shape index (κ1) is 21.0. The lowest BCUT2D eigenvalue weighted by Gasteiger charge is -2.33. The Labute approximate surface area is 175 Å². The second-order valence-corrected chi connectivity index (χ2v) is 8.83. The van der Waals surface area contributed by atoms with Gasteiger partial charge >= 0.3 is 6.03 Å². The summed E-state index contributed by atoms with van der Waals surface area (Å²) in [5.41, 5.74) is 4.26. The molecule has 0 aromatic heterocycles. The van der Waals surface area contributed by atoms with E-state index in [1.165, 1.54) is 5.56 Å². The molecule has 2 aromatic carbocycles. The Kier molecular flexibility index (Phi) is 6.63. The van der Waals surface area contributed by atoms with Gasteiger partial charge in [-0.15, -0.1) is 0 Å². The average molecular weight is 392 g/mol. The fourth-order valence-corrected chi connectivity index (χ4v) is 3.69. The first-order valence-electron chi connectivity index (χ1n) is 10.5. The molecule has 1 atom stereocenters. The molecule has 2 N–H and O–H groups in total. The number of urea groups is 1. The van der Waals surface area contributed by atoms with Gasteiger partial charge in [0.2, 0.25) is 0 Å². The number of amides is 2. The van der Waals surface area contributed by atoms with Crippen molar-refractivity contribution in [3.8, 4) is 0 Å². The van der Waals surface area contributed by atoms with Crippen molar-refractivity contribution in [1.29, 1.82) is 0 Å². The van der Waals surface area contributed by atoms with Crippen molar-refractivity contribution in [1.82, 2.24) is 10.2 Å². The quantitative estimate of drug-likeness (QED) is 0.705. The van der Waals surface area contributed by atoms with E-state index in [0.717, 1.165) is 42.8 Å². The molecule has 1 aliphatic rings. The highest BCUT2D eigenvalue weighted by molar-refractivity contribution is 5.89. The minimum atomic E-state index is -0.0917. The van der Waals surface area contributed by atoms with Crippen LogP contribution in [0.2, 0.25) is 0 Å². The monoisotopic (exact) mass is 391 g/mol. The zero-order valence-corrected chi connectivity index (χ0v) is 17.9. The number of carbonyl (C=O) groups excluding carboxylic acids is 1. The lowest BCUT2D eigenvalue weighted by Crippen LogP contribution is -2.45. The first-order valence-corrected chi connectivity index (χ1v) is 10.5. The van der Waals surface area contributed by atoms with E-state index < -0.39 is 0 Å². The van der Waals surface area contributed by atoms with Gasteiger partial charge < -0.3 is 15.5 Å². The summed E-state index contributed by atoms with van der Waals surface area (Å²) in [7, 11) is 0. The van der Waals surface area contributed by atoms with Gasteiger partial charge in [-0.3, -0.25) is 0 Å². The van der Waals surface area contributed by atoms with E-state index >= 15 is 0 Å². The molecule has 0 aliphatic carbocycles. The predicted molar refractivity (Wildman–Crippen MR) is 121 cm³/mol. The molecule has 0 spiro atoms. The molecule has 0 bridgehead atoms. The minimum absolute atomic E-state index is 0.0245. The topological polar surface area (TPSA) is 44.4 Å². The number of anilines is 1. The van der Waals surface area contributed by atoms with Crippen LogP contribution in [0.1, 0.15) is 51.2 Å². The summed E-state index contributed by atoms with van der Waals surface area (Å²) in [6.45, 7) is 12.3. The molecule has 0 saturated carbocycles. The molecule has 1 fully saturated rings. The molecular weight excluding hydrogens is 358 g/mol. The summed E-state index contributed by atoms with van der Waals surface area (Å²) in [5.74, 6) is 0. The lowest BCUT2D eigenvalue weighted by molar-refractivity contribution is 0.188. The number of rotatable bonds is 4. The van der Waals surface area contributed by atoms with Gasteiger partial charge in [0.05, 0.1) is 6.04 Å². The van der Waals surface area contributed by atoms with Gasteiger partial charge in [-0.05, 0) is 47.9 Å². The molecule has 2 amide bonds. The van der Waals surface area contributed by atoms with E-state index in [4.69, 9.17) is 0 Å². The van der Waals surface area contributed by atoms with E-state index in [1.54, 1.807) is 0 Å². The van der Waals surface area contributed by atoms with Crippen LogP contribution in [-0.2, 0) is 12.0 Å². The van der Waals surface area contributed by atoms with Crippen LogP contribution in [0.4, 0.5) is 10.5 Å². The van der Waals surface area contributed by atoms with Crippen LogP contribution < -0.4 is 10.6 Å². The third kappa shape index (κ3) is 5.63. The van der Waals surface area contributed by atoms with Crippen LogP contribution in [0, 0.1) is 0 Å². The van der Waals surface area contributed by atoms with Crippen LogP contribution in [0.15, 0.2) is 66.9 Å². The highest BCUT2D eigenvalue weighted by Gasteiger charge is 2.27. The maximum absolute atomic E-state index is 13.2. The van der Waals surface area contributed by atoms with Crippen LogP contribution in [0.3, 0.4) is 0 Å². The maximum atomic E-state index is 13.2. The van der Waals surface area contributed by atoms with Crippen molar-refractivity contribution in [2.24, 2.45) is 0 Å². The fraction of sp³-hybridized carbons (Fsp3) is 0.400. The molecule has 3 rings (SSSR count). The van der Waals surface area contributed by atoms with Crippen molar-refractivity contribution in [2.75, 3.05) is 11.9 Å². The molecule has 1 saturated heterocycles. The molecule has 1 heterocycles. The molecule has 154 valence electrons. The second-order valence-electron chi connectivity index (χ2n) is 8.83. The van der Waals surface area contributed by atoms with E-state index in [2.05, 4.69) is 62.2 Å². The van der Waals surface area contributed by atoms with E-state index in [1.807, 2.05) is 35.2 Å². The summed E-state index contributed by atoms with van der Waals surface area (Å²) >= 11 is 0. The SMILES string of the molecule is C=C1NCCCCC1N(Cc1ccc(C(C)(C)C)cc1)C(=O)Nc1ccccc1. The number of hydrogen-bond donors (Lipinski definition) is 2. The molecule has 4 heteroatoms. The smallest absolute Gasteiger partial charge is 0.322 e. The van der Waals surface area contributed by atoms with Crippen molar-refractivity contribution in [3.63, 3.8) is 0 Å². The molecule has 0 radical (unpaired) electrons. The van der Waals surface area contributed by atoms with Gasteiger partial charge in [-0.2, -0.15) is 0 Å². The third-order valence-electron chi connectivity index (χ3n) is 5.49. The van der Waals surface area contributed by atoms with Gasteiger partial charge in [0.15, 0.2) is 0 Å². The molecule has 1 unspecified atom stereocenters. The highest BCUT2D eigenvalue weighted by Crippen LogP contribution is 2.25. The number of para-hydroxylation sites is 1. The maximum Gasteiger partial charge on any atom is 0.322 e. The van der Waals surface area contributed by atoms with Crippen LogP contribution in [-0.4, -0.2) is 23.5 Å². The van der Waals surface area contributed by atoms with Crippen molar-refractivity contribution in [2.45, 2.75) is 58.0 Å². The second kappa shape index (κ2) is 9.17. The van der Waals surface area contributed by atoms with E-state index in [-0.39, 0.29) is 17.5 Å². The van der Waals surface area contributed by atoms with Gasteiger partial charge in [0.1, 0.15) is 0 Å². The third-order valence-corrected chi connectivity index (χ3v) is 5.49. The van der Waals surface area contributed by atoms with Crippen molar-refractivity contribution >= 4 is 11.7 Å². The van der Waals surface area contributed by atoms with Gasteiger partial charge in [-0.25, -0.2) is 4.79 Å².